The molecule has 0 fully saturated rings. The first-order valence-corrected chi connectivity index (χ1v) is 10.9. The Kier molecular flexibility index (Phi) is 11.8. The highest BCUT2D eigenvalue weighted by atomic mass is 127. The second-order valence-corrected chi connectivity index (χ2v) is 7.95. The van der Waals surface area contributed by atoms with Crippen molar-refractivity contribution in [2.45, 2.75) is 31.3 Å². The average molecular weight is 551 g/mol. The predicted octanol–water partition coefficient (Wildman–Crippen LogP) is 0.748. The second kappa shape index (κ2) is 13.5. The summed E-state index contributed by atoms with van der Waals surface area (Å²) in [5.74, 6) is 1.56. The molecule has 30 heavy (non-hydrogen) atoms. The average Bonchev–Trinajstić information content (AvgIpc) is 3.18. The number of aromatic nitrogens is 3. The lowest BCUT2D eigenvalue weighted by molar-refractivity contribution is 0.204. The summed E-state index contributed by atoms with van der Waals surface area (Å²) in [4.78, 5) is 4.41. The molecule has 0 aliphatic heterocycles. The Labute approximate surface area is 195 Å². The molecule has 0 unspecified atom stereocenters. The van der Waals surface area contributed by atoms with Crippen molar-refractivity contribution in [3.05, 3.63) is 42.0 Å². The minimum absolute atomic E-state index is 0. The fraction of sp³-hybridized carbons (Fsp3) is 0.500. The summed E-state index contributed by atoms with van der Waals surface area (Å²) in [6.45, 7) is 4.39. The molecule has 0 atom stereocenters. The molecule has 0 aliphatic rings. The zero-order valence-corrected chi connectivity index (χ0v) is 20.6. The molecule has 1 heterocycles. The van der Waals surface area contributed by atoms with Gasteiger partial charge in [-0.3, -0.25) is 4.99 Å². The third-order valence-electron chi connectivity index (χ3n) is 4.15. The van der Waals surface area contributed by atoms with Crippen LogP contribution in [0.25, 0.3) is 0 Å². The summed E-state index contributed by atoms with van der Waals surface area (Å²) in [6, 6.07) is 6.78. The number of methoxy groups -OCH3 is 1. The van der Waals surface area contributed by atoms with E-state index in [1.54, 1.807) is 31.6 Å². The minimum Gasteiger partial charge on any atom is -0.383 e. The smallest absolute Gasteiger partial charge is 0.240 e. The van der Waals surface area contributed by atoms with Gasteiger partial charge in [-0.25, -0.2) is 13.1 Å². The molecule has 3 N–H and O–H groups in total. The van der Waals surface area contributed by atoms with E-state index in [2.05, 4.69) is 30.5 Å². The van der Waals surface area contributed by atoms with Crippen molar-refractivity contribution >= 4 is 40.0 Å². The van der Waals surface area contributed by atoms with E-state index in [0.29, 0.717) is 25.7 Å². The lowest BCUT2D eigenvalue weighted by Crippen LogP contribution is -2.38. The van der Waals surface area contributed by atoms with Gasteiger partial charge in [-0.15, -0.1) is 34.2 Å². The Morgan fingerprint density at radius 2 is 2.07 bits per heavy atom. The van der Waals surface area contributed by atoms with Gasteiger partial charge in [0.2, 0.25) is 10.0 Å². The van der Waals surface area contributed by atoms with E-state index in [9.17, 15) is 8.42 Å². The standard InChI is InChI=1S/C18H29N7O3S.HI/c1-4-17-24-22-14-25(17)10-8-20-18(19-2)21-13-15-6-5-7-16(12-15)29(26,27)23-9-11-28-3;/h5-7,12,14,23H,4,8-11,13H2,1-3H3,(H2,19,20,21);1H. The summed E-state index contributed by atoms with van der Waals surface area (Å²) in [5.41, 5.74) is 0.828. The predicted molar refractivity (Wildman–Crippen MR) is 127 cm³/mol. The molecule has 0 saturated heterocycles. The summed E-state index contributed by atoms with van der Waals surface area (Å²) in [5, 5.41) is 14.4. The number of aliphatic imine (C=N–C) groups is 1. The molecular weight excluding hydrogens is 521 g/mol. The Bertz CT molecular complexity index is 903. The molecule has 0 bridgehead atoms. The number of nitrogens with zero attached hydrogens (tertiary/aromatic N) is 4. The fourth-order valence-corrected chi connectivity index (χ4v) is 3.71. The van der Waals surface area contributed by atoms with Crippen LogP contribution in [0.5, 0.6) is 0 Å². The van der Waals surface area contributed by atoms with Gasteiger partial charge in [0, 0.05) is 46.8 Å². The van der Waals surface area contributed by atoms with Crippen LogP contribution in [0, 0.1) is 0 Å². The first-order valence-electron chi connectivity index (χ1n) is 9.39. The number of guanidine groups is 1. The first kappa shape index (κ1) is 26.3. The highest BCUT2D eigenvalue weighted by Crippen LogP contribution is 2.11. The fourth-order valence-electron chi connectivity index (χ4n) is 2.62. The maximum absolute atomic E-state index is 12.3. The molecule has 1 aromatic carbocycles. The molecule has 0 aliphatic carbocycles. The van der Waals surface area contributed by atoms with Crippen LogP contribution < -0.4 is 15.4 Å². The topological polar surface area (TPSA) is 123 Å². The number of hydrogen-bond acceptors (Lipinski definition) is 6. The molecule has 1 aromatic heterocycles. The SMILES string of the molecule is CCc1nncn1CCNC(=NC)NCc1cccc(S(=O)(=O)NCCOC)c1.I. The molecular formula is C18H30IN7O3S. The minimum atomic E-state index is -3.56. The summed E-state index contributed by atoms with van der Waals surface area (Å²) >= 11 is 0. The number of ether oxygens (including phenoxy) is 1. The van der Waals surface area contributed by atoms with E-state index in [1.165, 1.54) is 7.11 Å². The number of halogens is 1. The third-order valence-corrected chi connectivity index (χ3v) is 5.61. The largest absolute Gasteiger partial charge is 0.383 e. The molecule has 2 rings (SSSR count). The maximum Gasteiger partial charge on any atom is 0.240 e. The summed E-state index contributed by atoms with van der Waals surface area (Å²) in [7, 11) is -0.352. The Hall–Kier alpha value is -1.77. The third kappa shape index (κ3) is 8.16. The van der Waals surface area contributed by atoms with E-state index >= 15 is 0 Å². The quantitative estimate of drug-likeness (QED) is 0.163. The molecule has 0 spiro atoms. The van der Waals surface area contributed by atoms with E-state index in [4.69, 9.17) is 4.74 Å². The first-order chi connectivity index (χ1) is 14.0. The molecule has 10 nitrogen and oxygen atoms in total. The Balaban J connectivity index is 0.00000450. The molecule has 168 valence electrons. The van der Waals surface area contributed by atoms with Gasteiger partial charge in [-0.2, -0.15) is 0 Å². The van der Waals surface area contributed by atoms with E-state index in [1.807, 2.05) is 17.6 Å². The van der Waals surface area contributed by atoms with E-state index < -0.39 is 10.0 Å². The monoisotopic (exact) mass is 551 g/mol. The highest BCUT2D eigenvalue weighted by molar-refractivity contribution is 14.0. The lowest BCUT2D eigenvalue weighted by Gasteiger charge is -2.13. The van der Waals surface area contributed by atoms with Crippen molar-refractivity contribution in [3.63, 3.8) is 0 Å². The lowest BCUT2D eigenvalue weighted by atomic mass is 10.2. The molecule has 0 radical (unpaired) electrons. The maximum atomic E-state index is 12.3. The van der Waals surface area contributed by atoms with Crippen molar-refractivity contribution in [2.75, 3.05) is 33.9 Å². The number of hydrogen-bond donors (Lipinski definition) is 3. The van der Waals surface area contributed by atoms with Gasteiger partial charge < -0.3 is 19.9 Å². The number of benzene rings is 1. The van der Waals surface area contributed by atoms with Gasteiger partial charge >= 0.3 is 0 Å². The van der Waals surface area contributed by atoms with Crippen molar-refractivity contribution in [1.82, 2.24) is 30.1 Å². The van der Waals surface area contributed by atoms with Crippen LogP contribution in [0.3, 0.4) is 0 Å². The molecule has 0 saturated carbocycles. The van der Waals surface area contributed by atoms with Crippen LogP contribution in [0.4, 0.5) is 0 Å². The Morgan fingerprint density at radius 1 is 1.27 bits per heavy atom. The van der Waals surface area contributed by atoms with E-state index in [-0.39, 0.29) is 35.4 Å². The van der Waals surface area contributed by atoms with Crippen molar-refractivity contribution in [1.29, 1.82) is 0 Å². The normalized spacial score (nSPS) is 11.8. The zero-order chi connectivity index (χ0) is 21.1. The molecule has 2 aromatic rings. The van der Waals surface area contributed by atoms with Crippen LogP contribution in [-0.2, 0) is 34.3 Å². The van der Waals surface area contributed by atoms with Crippen molar-refractivity contribution < 1.29 is 13.2 Å². The summed E-state index contributed by atoms with van der Waals surface area (Å²) in [6.07, 6.45) is 2.54. The van der Waals surface area contributed by atoms with Crippen LogP contribution in [-0.4, -0.2) is 63.0 Å². The van der Waals surface area contributed by atoms with Gasteiger partial charge in [-0.1, -0.05) is 19.1 Å². The number of aryl methyl sites for hydroxylation is 1. The van der Waals surface area contributed by atoms with Gasteiger partial charge in [0.25, 0.3) is 0 Å². The van der Waals surface area contributed by atoms with Crippen LogP contribution in [0.1, 0.15) is 18.3 Å². The highest BCUT2D eigenvalue weighted by Gasteiger charge is 2.13. The van der Waals surface area contributed by atoms with Crippen LogP contribution in [0.2, 0.25) is 0 Å². The number of rotatable bonds is 11. The Morgan fingerprint density at radius 3 is 2.77 bits per heavy atom. The van der Waals surface area contributed by atoms with Gasteiger partial charge in [-0.05, 0) is 17.7 Å². The van der Waals surface area contributed by atoms with Gasteiger partial charge in [0.15, 0.2) is 5.96 Å². The van der Waals surface area contributed by atoms with E-state index in [0.717, 1.165) is 24.4 Å². The second-order valence-electron chi connectivity index (χ2n) is 6.18. The van der Waals surface area contributed by atoms with Gasteiger partial charge in [0.1, 0.15) is 12.2 Å². The van der Waals surface area contributed by atoms with Crippen LogP contribution >= 0.6 is 24.0 Å². The molecule has 0 amide bonds. The van der Waals surface area contributed by atoms with Crippen molar-refractivity contribution in [3.8, 4) is 0 Å². The summed E-state index contributed by atoms with van der Waals surface area (Å²) < 4.78 is 34.0. The number of nitrogens with one attached hydrogen (secondary N) is 3. The number of sulfonamides is 1. The van der Waals surface area contributed by atoms with Gasteiger partial charge in [0.05, 0.1) is 11.5 Å². The molecule has 12 heteroatoms. The van der Waals surface area contributed by atoms with Crippen LogP contribution in [0.15, 0.2) is 40.5 Å². The zero-order valence-electron chi connectivity index (χ0n) is 17.5. The van der Waals surface area contributed by atoms with Crippen molar-refractivity contribution in [2.24, 2.45) is 4.99 Å².